The first kappa shape index (κ1) is 12.8. The van der Waals surface area contributed by atoms with Gasteiger partial charge in [-0.05, 0) is 51.9 Å². The van der Waals surface area contributed by atoms with Gasteiger partial charge in [-0.15, -0.1) is 0 Å². The van der Waals surface area contributed by atoms with Crippen LogP contribution in [0.3, 0.4) is 0 Å². The molecule has 5 heteroatoms. The van der Waals surface area contributed by atoms with Crippen molar-refractivity contribution in [2.45, 2.75) is 12.5 Å². The summed E-state index contributed by atoms with van der Waals surface area (Å²) >= 11 is 5.25. The molecule has 0 bridgehead atoms. The lowest BCUT2D eigenvalue weighted by molar-refractivity contribution is -0.138. The summed E-state index contributed by atoms with van der Waals surface area (Å²) in [5.74, 6) is 1.43. The molecule has 1 fully saturated rings. The van der Waals surface area contributed by atoms with Crippen molar-refractivity contribution in [3.05, 3.63) is 28.7 Å². The van der Waals surface area contributed by atoms with Gasteiger partial charge in [0.05, 0.1) is 0 Å². The molecule has 1 saturated heterocycles. The molecule has 1 aliphatic heterocycles. The van der Waals surface area contributed by atoms with E-state index in [0.29, 0.717) is 0 Å². The van der Waals surface area contributed by atoms with Gasteiger partial charge in [0, 0.05) is 10.2 Å². The molecular formula is C12H14BrNO2S. The van der Waals surface area contributed by atoms with Gasteiger partial charge in [0.15, 0.2) is 0 Å². The summed E-state index contributed by atoms with van der Waals surface area (Å²) in [6, 6.07) is 7.11. The number of hydrogen-bond donors (Lipinski definition) is 2. The number of thioether (sulfide) groups is 1. The molecule has 1 aliphatic rings. The molecule has 3 nitrogen and oxygen atoms in total. The molecule has 92 valence electrons. The third-order valence-electron chi connectivity index (χ3n) is 2.89. The fourth-order valence-corrected chi connectivity index (χ4v) is 3.64. The number of aliphatic carboxylic acids is 1. The number of halogens is 1. The summed E-state index contributed by atoms with van der Waals surface area (Å²) < 4.78 is 0.900. The Morgan fingerprint density at radius 2 is 2.29 bits per heavy atom. The molecule has 1 aromatic rings. The summed E-state index contributed by atoms with van der Waals surface area (Å²) in [4.78, 5) is 11.3. The Labute approximate surface area is 113 Å². The zero-order valence-corrected chi connectivity index (χ0v) is 11.6. The second-order valence-electron chi connectivity index (χ2n) is 4.06. The molecule has 0 radical (unpaired) electrons. The van der Waals surface area contributed by atoms with Crippen LogP contribution in [0.5, 0.6) is 0 Å². The fourth-order valence-electron chi connectivity index (χ4n) is 1.94. The Morgan fingerprint density at radius 3 is 2.88 bits per heavy atom. The number of rotatable bonds is 4. The summed E-state index contributed by atoms with van der Waals surface area (Å²) in [7, 11) is 0. The lowest BCUT2D eigenvalue weighted by Crippen LogP contribution is -2.37. The monoisotopic (exact) mass is 315 g/mol. The smallest absolute Gasteiger partial charge is 0.326 e. The van der Waals surface area contributed by atoms with Crippen LogP contribution < -0.4 is 5.32 Å². The van der Waals surface area contributed by atoms with Crippen LogP contribution in [0.4, 0.5) is 5.69 Å². The lowest BCUT2D eigenvalue weighted by Gasteiger charge is -2.21. The topological polar surface area (TPSA) is 49.3 Å². The third kappa shape index (κ3) is 3.16. The minimum Gasteiger partial charge on any atom is -0.480 e. The molecule has 2 N–H and O–H groups in total. The molecule has 0 aliphatic carbocycles. The van der Waals surface area contributed by atoms with E-state index < -0.39 is 12.0 Å². The Kier molecular flexibility index (Phi) is 4.34. The van der Waals surface area contributed by atoms with Crippen molar-refractivity contribution in [2.24, 2.45) is 5.92 Å². The maximum atomic E-state index is 11.3. The molecule has 0 amide bonds. The van der Waals surface area contributed by atoms with Gasteiger partial charge in [0.25, 0.3) is 0 Å². The number of benzene rings is 1. The molecule has 2 rings (SSSR count). The predicted octanol–water partition coefficient (Wildman–Crippen LogP) is 3.07. The second-order valence-corrected chi connectivity index (χ2v) is 6.07. The zero-order chi connectivity index (χ0) is 12.3. The normalized spacial score (nSPS) is 21.1. The van der Waals surface area contributed by atoms with E-state index >= 15 is 0 Å². The highest BCUT2D eigenvalue weighted by Gasteiger charge is 2.31. The molecule has 0 saturated carbocycles. The van der Waals surface area contributed by atoms with Gasteiger partial charge < -0.3 is 10.4 Å². The highest BCUT2D eigenvalue weighted by molar-refractivity contribution is 9.10. The van der Waals surface area contributed by atoms with Crippen LogP contribution in [0, 0.1) is 5.92 Å². The summed E-state index contributed by atoms with van der Waals surface area (Å²) in [5.41, 5.74) is 0.844. The molecule has 1 aromatic carbocycles. The Balaban J connectivity index is 2.12. The second kappa shape index (κ2) is 5.78. The van der Waals surface area contributed by atoms with Gasteiger partial charge in [0.2, 0.25) is 0 Å². The summed E-state index contributed by atoms with van der Waals surface area (Å²) in [6.07, 6.45) is 0.971. The Morgan fingerprint density at radius 1 is 1.53 bits per heavy atom. The van der Waals surface area contributed by atoms with Crippen LogP contribution in [-0.4, -0.2) is 28.6 Å². The molecular weight excluding hydrogens is 302 g/mol. The van der Waals surface area contributed by atoms with Crippen LogP contribution in [-0.2, 0) is 4.79 Å². The zero-order valence-electron chi connectivity index (χ0n) is 9.23. The van der Waals surface area contributed by atoms with Crippen molar-refractivity contribution < 1.29 is 9.90 Å². The van der Waals surface area contributed by atoms with E-state index in [-0.39, 0.29) is 5.92 Å². The Hall–Kier alpha value is -0.680. The molecule has 1 heterocycles. The molecule has 17 heavy (non-hydrogen) atoms. The van der Waals surface area contributed by atoms with Crippen molar-refractivity contribution in [1.82, 2.24) is 0 Å². The number of carboxylic acid groups (broad SMARTS) is 1. The molecule has 0 spiro atoms. The van der Waals surface area contributed by atoms with Crippen molar-refractivity contribution in [2.75, 3.05) is 16.8 Å². The van der Waals surface area contributed by atoms with E-state index in [9.17, 15) is 9.90 Å². The van der Waals surface area contributed by atoms with Crippen LogP contribution >= 0.6 is 27.7 Å². The number of carbonyl (C=O) groups is 1. The van der Waals surface area contributed by atoms with E-state index in [1.165, 1.54) is 0 Å². The largest absolute Gasteiger partial charge is 0.480 e. The average Bonchev–Trinajstić information content (AvgIpc) is 2.81. The summed E-state index contributed by atoms with van der Waals surface area (Å²) in [5, 5.41) is 12.4. The number of anilines is 1. The van der Waals surface area contributed by atoms with E-state index in [1.54, 1.807) is 0 Å². The number of para-hydroxylation sites is 1. The molecule has 2 unspecified atom stereocenters. The minimum atomic E-state index is -0.770. The maximum absolute atomic E-state index is 11.3. The van der Waals surface area contributed by atoms with Gasteiger partial charge in [-0.1, -0.05) is 12.1 Å². The number of carboxylic acids is 1. The SMILES string of the molecule is O=C(O)C(Nc1ccccc1Br)C1CCSC1. The van der Waals surface area contributed by atoms with Crippen LogP contribution in [0.2, 0.25) is 0 Å². The van der Waals surface area contributed by atoms with Gasteiger partial charge in [-0.25, -0.2) is 4.79 Å². The van der Waals surface area contributed by atoms with E-state index in [4.69, 9.17) is 0 Å². The maximum Gasteiger partial charge on any atom is 0.326 e. The van der Waals surface area contributed by atoms with Crippen molar-refractivity contribution >= 4 is 39.3 Å². The highest BCUT2D eigenvalue weighted by atomic mass is 79.9. The van der Waals surface area contributed by atoms with Gasteiger partial charge in [0.1, 0.15) is 6.04 Å². The summed E-state index contributed by atoms with van der Waals surface area (Å²) in [6.45, 7) is 0. The first-order valence-corrected chi connectivity index (χ1v) is 7.45. The molecule has 0 aromatic heterocycles. The number of nitrogens with one attached hydrogen (secondary N) is 1. The lowest BCUT2D eigenvalue weighted by atomic mass is 9.99. The van der Waals surface area contributed by atoms with Gasteiger partial charge >= 0.3 is 5.97 Å². The van der Waals surface area contributed by atoms with Crippen LogP contribution in [0.25, 0.3) is 0 Å². The highest BCUT2D eigenvalue weighted by Crippen LogP contribution is 2.30. The van der Waals surface area contributed by atoms with Crippen molar-refractivity contribution in [3.8, 4) is 0 Å². The Bertz CT molecular complexity index is 407. The fraction of sp³-hybridized carbons (Fsp3) is 0.417. The molecule has 2 atom stereocenters. The van der Waals surface area contributed by atoms with Crippen LogP contribution in [0.1, 0.15) is 6.42 Å². The quantitative estimate of drug-likeness (QED) is 0.896. The predicted molar refractivity (Wildman–Crippen MR) is 74.6 cm³/mol. The number of hydrogen-bond acceptors (Lipinski definition) is 3. The van der Waals surface area contributed by atoms with E-state index in [0.717, 1.165) is 28.1 Å². The average molecular weight is 316 g/mol. The van der Waals surface area contributed by atoms with Gasteiger partial charge in [-0.2, -0.15) is 11.8 Å². The first-order valence-electron chi connectivity index (χ1n) is 5.50. The van der Waals surface area contributed by atoms with E-state index in [2.05, 4.69) is 21.2 Å². The van der Waals surface area contributed by atoms with Gasteiger partial charge in [-0.3, -0.25) is 0 Å². The van der Waals surface area contributed by atoms with E-state index in [1.807, 2.05) is 36.0 Å². The minimum absolute atomic E-state index is 0.213. The third-order valence-corrected chi connectivity index (χ3v) is 4.77. The first-order chi connectivity index (χ1) is 8.18. The van der Waals surface area contributed by atoms with Crippen molar-refractivity contribution in [1.29, 1.82) is 0 Å². The van der Waals surface area contributed by atoms with Crippen LogP contribution in [0.15, 0.2) is 28.7 Å². The van der Waals surface area contributed by atoms with Crippen molar-refractivity contribution in [3.63, 3.8) is 0 Å². The standard InChI is InChI=1S/C12H14BrNO2S/c13-9-3-1-2-4-10(9)14-11(12(15)16)8-5-6-17-7-8/h1-4,8,11,14H,5-7H2,(H,15,16).